The van der Waals surface area contributed by atoms with Gasteiger partial charge in [-0.05, 0) is 66.5 Å². The maximum absolute atomic E-state index is 2.41. The van der Waals surface area contributed by atoms with Gasteiger partial charge in [-0.25, -0.2) is 0 Å². The summed E-state index contributed by atoms with van der Waals surface area (Å²) in [7, 11) is 0. The average Bonchev–Trinajstić information content (AvgIpc) is 2.62. The maximum Gasteiger partial charge on any atom is -0.0125 e. The first kappa shape index (κ1) is 14.1. The van der Waals surface area contributed by atoms with Gasteiger partial charge in [0.05, 0.1) is 0 Å². The lowest BCUT2D eigenvalue weighted by Crippen LogP contribution is -2.27. The zero-order chi connectivity index (χ0) is 14.8. The fourth-order valence-corrected chi connectivity index (χ4v) is 4.99. The van der Waals surface area contributed by atoms with Crippen LogP contribution in [0.1, 0.15) is 67.1 Å². The van der Waals surface area contributed by atoms with E-state index in [1.807, 2.05) is 0 Å². The van der Waals surface area contributed by atoms with Crippen molar-refractivity contribution < 1.29 is 0 Å². The molecule has 0 N–H and O–H groups in total. The molecule has 0 amide bonds. The number of rotatable bonds is 2. The second kappa shape index (κ2) is 6.28. The molecule has 0 aromatic heterocycles. The number of benzene rings is 2. The van der Waals surface area contributed by atoms with E-state index in [1.54, 1.807) is 16.7 Å². The molecule has 0 radical (unpaired) electrons. The maximum atomic E-state index is 2.41. The number of aryl methyl sites for hydroxylation is 1. The third-order valence-electron chi connectivity index (χ3n) is 5.98. The van der Waals surface area contributed by atoms with E-state index in [9.17, 15) is 0 Å². The van der Waals surface area contributed by atoms with Crippen LogP contribution in [-0.4, -0.2) is 0 Å². The molecule has 0 heteroatoms. The van der Waals surface area contributed by atoms with Gasteiger partial charge in [-0.2, -0.15) is 0 Å². The molecule has 114 valence electrons. The van der Waals surface area contributed by atoms with Crippen molar-refractivity contribution in [1.29, 1.82) is 0 Å². The van der Waals surface area contributed by atoms with Gasteiger partial charge in [0.15, 0.2) is 0 Å². The fourth-order valence-electron chi connectivity index (χ4n) is 4.99. The minimum Gasteiger partial charge on any atom is -0.0622 e. The first-order chi connectivity index (χ1) is 10.9. The van der Waals surface area contributed by atoms with Gasteiger partial charge >= 0.3 is 0 Å². The lowest BCUT2D eigenvalue weighted by molar-refractivity contribution is 0.244. The Balaban J connectivity index is 1.68. The molecule has 1 unspecified atom stereocenters. The summed E-state index contributed by atoms with van der Waals surface area (Å²) in [6.07, 6.45) is 9.68. The zero-order valence-corrected chi connectivity index (χ0v) is 13.4. The number of fused-ring (bicyclic) bond motifs is 1. The first-order valence-electron chi connectivity index (χ1n) is 9.06. The Morgan fingerprint density at radius 2 is 1.36 bits per heavy atom. The molecule has 0 nitrogen and oxygen atoms in total. The van der Waals surface area contributed by atoms with E-state index in [1.165, 1.54) is 44.9 Å². The largest absolute Gasteiger partial charge is 0.0622 e. The van der Waals surface area contributed by atoms with Crippen molar-refractivity contribution in [3.8, 4) is 0 Å². The Bertz CT molecular complexity index is 613. The molecule has 2 aromatic rings. The van der Waals surface area contributed by atoms with Crippen LogP contribution in [0.3, 0.4) is 0 Å². The van der Waals surface area contributed by atoms with Crippen LogP contribution in [0, 0.1) is 5.92 Å². The van der Waals surface area contributed by atoms with Crippen LogP contribution in [-0.2, 0) is 6.42 Å². The molecule has 4 rings (SSSR count). The van der Waals surface area contributed by atoms with Gasteiger partial charge in [-0.1, -0.05) is 67.4 Å². The summed E-state index contributed by atoms with van der Waals surface area (Å²) in [5.74, 6) is 2.40. The van der Waals surface area contributed by atoms with Crippen LogP contribution in [0.15, 0.2) is 54.6 Å². The second-order valence-corrected chi connectivity index (χ2v) is 7.16. The van der Waals surface area contributed by atoms with E-state index in [2.05, 4.69) is 54.6 Å². The monoisotopic (exact) mass is 290 g/mol. The van der Waals surface area contributed by atoms with Crippen LogP contribution >= 0.6 is 0 Å². The smallest absolute Gasteiger partial charge is 0.0125 e. The molecule has 0 aliphatic heterocycles. The zero-order valence-electron chi connectivity index (χ0n) is 13.4. The van der Waals surface area contributed by atoms with E-state index in [0.29, 0.717) is 0 Å². The molecular formula is C22H26. The Labute approximate surface area is 134 Å². The number of hydrogen-bond acceptors (Lipinski definition) is 0. The molecule has 2 aliphatic rings. The molecule has 0 saturated heterocycles. The van der Waals surface area contributed by atoms with Crippen molar-refractivity contribution in [2.75, 3.05) is 0 Å². The molecule has 0 bridgehead atoms. The molecule has 0 heterocycles. The molecule has 3 atom stereocenters. The van der Waals surface area contributed by atoms with E-state index in [4.69, 9.17) is 0 Å². The molecule has 2 aliphatic carbocycles. The van der Waals surface area contributed by atoms with E-state index in [-0.39, 0.29) is 0 Å². The Morgan fingerprint density at radius 1 is 0.636 bits per heavy atom. The van der Waals surface area contributed by atoms with Gasteiger partial charge in [0.25, 0.3) is 0 Å². The van der Waals surface area contributed by atoms with Crippen LogP contribution in [0.2, 0.25) is 0 Å². The minimum atomic E-state index is 0.770. The summed E-state index contributed by atoms with van der Waals surface area (Å²) in [4.78, 5) is 0. The van der Waals surface area contributed by atoms with Gasteiger partial charge in [0.1, 0.15) is 0 Å². The third kappa shape index (κ3) is 2.60. The molecule has 0 spiro atoms. The van der Waals surface area contributed by atoms with E-state index < -0.39 is 0 Å². The van der Waals surface area contributed by atoms with Crippen LogP contribution < -0.4 is 0 Å². The molecule has 2 aromatic carbocycles. The van der Waals surface area contributed by atoms with E-state index >= 15 is 0 Å². The van der Waals surface area contributed by atoms with Crippen molar-refractivity contribution in [2.24, 2.45) is 5.92 Å². The van der Waals surface area contributed by atoms with Crippen molar-refractivity contribution in [2.45, 2.75) is 56.8 Å². The predicted octanol–water partition coefficient (Wildman–Crippen LogP) is 6.08. The second-order valence-electron chi connectivity index (χ2n) is 7.16. The van der Waals surface area contributed by atoms with Crippen molar-refractivity contribution in [1.82, 2.24) is 0 Å². The van der Waals surface area contributed by atoms with Gasteiger partial charge < -0.3 is 0 Å². The van der Waals surface area contributed by atoms with Gasteiger partial charge in [0.2, 0.25) is 0 Å². The summed E-state index contributed by atoms with van der Waals surface area (Å²) in [5, 5.41) is 0. The van der Waals surface area contributed by atoms with Crippen molar-refractivity contribution in [3.63, 3.8) is 0 Å². The average molecular weight is 290 g/mol. The summed E-state index contributed by atoms with van der Waals surface area (Å²) in [6.45, 7) is 0. The highest BCUT2D eigenvalue weighted by Gasteiger charge is 2.35. The quantitative estimate of drug-likeness (QED) is 0.628. The van der Waals surface area contributed by atoms with Crippen LogP contribution in [0.25, 0.3) is 0 Å². The predicted molar refractivity (Wildman–Crippen MR) is 93.3 cm³/mol. The lowest BCUT2D eigenvalue weighted by atomic mass is 9.64. The van der Waals surface area contributed by atoms with Gasteiger partial charge in [-0.3, -0.25) is 0 Å². The summed E-state index contributed by atoms with van der Waals surface area (Å²) in [5.41, 5.74) is 4.87. The number of hydrogen-bond donors (Lipinski definition) is 0. The highest BCUT2D eigenvalue weighted by atomic mass is 14.4. The minimum absolute atomic E-state index is 0.770. The van der Waals surface area contributed by atoms with Crippen LogP contribution in [0.5, 0.6) is 0 Å². The Morgan fingerprint density at radius 3 is 2.27 bits per heavy atom. The SMILES string of the molecule is c1ccc(C2CCCC[C@@H]2[C@H]2CCCc3ccccc32)cc1. The highest BCUT2D eigenvalue weighted by Crippen LogP contribution is 2.49. The molecule has 1 saturated carbocycles. The van der Waals surface area contributed by atoms with Gasteiger partial charge in [0, 0.05) is 0 Å². The molecule has 1 fully saturated rings. The van der Waals surface area contributed by atoms with Crippen LogP contribution in [0.4, 0.5) is 0 Å². The van der Waals surface area contributed by atoms with Crippen molar-refractivity contribution in [3.05, 3.63) is 71.3 Å². The Hall–Kier alpha value is -1.56. The van der Waals surface area contributed by atoms with E-state index in [0.717, 1.165) is 17.8 Å². The topological polar surface area (TPSA) is 0 Å². The molecular weight excluding hydrogens is 264 g/mol. The van der Waals surface area contributed by atoms with Gasteiger partial charge in [-0.15, -0.1) is 0 Å². The standard InChI is InChI=1S/C22H26/c1-2-9-17(10-3-1)19-14-6-7-15-21(19)22-16-8-12-18-11-4-5-13-20(18)22/h1-5,9-11,13,19,21-22H,6-8,12,14-16H2/t19?,21-,22-/m0/s1. The van der Waals surface area contributed by atoms with Crippen molar-refractivity contribution >= 4 is 0 Å². The normalized spacial score (nSPS) is 28.1. The summed E-state index contributed by atoms with van der Waals surface area (Å²) >= 11 is 0. The Kier molecular flexibility index (Phi) is 4.01. The highest BCUT2D eigenvalue weighted by molar-refractivity contribution is 5.34. The molecule has 22 heavy (non-hydrogen) atoms. The fraction of sp³-hybridized carbons (Fsp3) is 0.455. The summed E-state index contributed by atoms with van der Waals surface area (Å²) in [6, 6.07) is 20.5. The summed E-state index contributed by atoms with van der Waals surface area (Å²) < 4.78 is 0. The lowest BCUT2D eigenvalue weighted by Gasteiger charge is -2.40. The first-order valence-corrected chi connectivity index (χ1v) is 9.06. The third-order valence-corrected chi connectivity index (χ3v) is 5.98.